The smallest absolute Gasteiger partial charge is 0.225 e. The highest BCUT2D eigenvalue weighted by molar-refractivity contribution is 5.91. The van der Waals surface area contributed by atoms with Gasteiger partial charge in [0.25, 0.3) is 0 Å². The molecule has 1 amide bonds. The molecule has 0 radical (unpaired) electrons. The molecule has 5 heteroatoms. The van der Waals surface area contributed by atoms with Crippen molar-refractivity contribution in [3.8, 4) is 11.5 Å². The highest BCUT2D eigenvalue weighted by Gasteiger charge is 2.07. The third-order valence-electron chi connectivity index (χ3n) is 2.35. The third-order valence-corrected chi connectivity index (χ3v) is 2.35. The minimum Gasteiger partial charge on any atom is -0.493 e. The summed E-state index contributed by atoms with van der Waals surface area (Å²) in [6.45, 7) is 3.10. The van der Waals surface area contributed by atoms with E-state index in [2.05, 4.69) is 10.6 Å². The molecule has 0 spiro atoms. The average Bonchev–Trinajstić information content (AvgIpc) is 2.37. The van der Waals surface area contributed by atoms with Crippen LogP contribution in [0, 0.1) is 0 Å². The lowest BCUT2D eigenvalue weighted by Crippen LogP contribution is -2.18. The average molecular weight is 252 g/mol. The first-order valence-electron chi connectivity index (χ1n) is 5.96. The Kier molecular flexibility index (Phi) is 6.00. The number of methoxy groups -OCH3 is 1. The van der Waals surface area contributed by atoms with Crippen LogP contribution < -0.4 is 20.1 Å². The molecule has 5 nitrogen and oxygen atoms in total. The molecule has 0 aliphatic heterocycles. The van der Waals surface area contributed by atoms with Gasteiger partial charge >= 0.3 is 0 Å². The van der Waals surface area contributed by atoms with Crippen LogP contribution in [0.2, 0.25) is 0 Å². The van der Waals surface area contributed by atoms with Gasteiger partial charge in [-0.15, -0.1) is 0 Å². The number of ether oxygens (including phenoxy) is 2. The Morgan fingerprint density at radius 1 is 1.33 bits per heavy atom. The zero-order valence-corrected chi connectivity index (χ0v) is 11.1. The van der Waals surface area contributed by atoms with Crippen LogP contribution in [0.3, 0.4) is 0 Å². The second kappa shape index (κ2) is 7.55. The van der Waals surface area contributed by atoms with Gasteiger partial charge in [0.2, 0.25) is 5.91 Å². The number of hydrogen-bond donors (Lipinski definition) is 2. The van der Waals surface area contributed by atoms with Gasteiger partial charge < -0.3 is 20.1 Å². The molecule has 0 aromatic heterocycles. The second-order valence-corrected chi connectivity index (χ2v) is 3.70. The number of hydrogen-bond acceptors (Lipinski definition) is 4. The van der Waals surface area contributed by atoms with E-state index in [0.717, 1.165) is 0 Å². The predicted molar refractivity (Wildman–Crippen MR) is 71.3 cm³/mol. The van der Waals surface area contributed by atoms with Crippen molar-refractivity contribution in [2.75, 3.05) is 32.6 Å². The standard InChI is InChI=1S/C13H20N2O3/c1-4-18-12-9-10(5-6-11(12)17-3)15-13(16)7-8-14-2/h5-6,9,14H,4,7-8H2,1-3H3,(H,15,16). The summed E-state index contributed by atoms with van der Waals surface area (Å²) in [6.07, 6.45) is 0.437. The molecule has 0 aliphatic rings. The topological polar surface area (TPSA) is 59.6 Å². The molecule has 18 heavy (non-hydrogen) atoms. The highest BCUT2D eigenvalue weighted by atomic mass is 16.5. The number of rotatable bonds is 7. The van der Waals surface area contributed by atoms with Crippen molar-refractivity contribution >= 4 is 11.6 Å². The molecule has 2 N–H and O–H groups in total. The van der Waals surface area contributed by atoms with Crippen molar-refractivity contribution in [2.45, 2.75) is 13.3 Å². The van der Waals surface area contributed by atoms with Crippen LogP contribution in [0.5, 0.6) is 11.5 Å². The molecule has 0 heterocycles. The van der Waals surface area contributed by atoms with Crippen molar-refractivity contribution in [3.05, 3.63) is 18.2 Å². The summed E-state index contributed by atoms with van der Waals surface area (Å²) in [5, 5.41) is 5.74. The summed E-state index contributed by atoms with van der Waals surface area (Å²) in [4.78, 5) is 11.6. The van der Waals surface area contributed by atoms with E-state index in [4.69, 9.17) is 9.47 Å². The maximum Gasteiger partial charge on any atom is 0.225 e. The number of anilines is 1. The molecule has 1 aromatic rings. The molecule has 0 atom stereocenters. The summed E-state index contributed by atoms with van der Waals surface area (Å²) in [5.41, 5.74) is 0.709. The van der Waals surface area contributed by atoms with Crippen LogP contribution in [-0.4, -0.2) is 33.2 Å². The van der Waals surface area contributed by atoms with E-state index in [-0.39, 0.29) is 5.91 Å². The predicted octanol–water partition coefficient (Wildman–Crippen LogP) is 1.64. The normalized spacial score (nSPS) is 9.94. The van der Waals surface area contributed by atoms with E-state index in [1.807, 2.05) is 14.0 Å². The molecule has 0 aliphatic carbocycles. The van der Waals surface area contributed by atoms with Crippen LogP contribution in [-0.2, 0) is 4.79 Å². The Hall–Kier alpha value is -1.75. The quantitative estimate of drug-likeness (QED) is 0.774. The first-order chi connectivity index (χ1) is 8.71. The monoisotopic (exact) mass is 252 g/mol. The molecule has 0 unspecified atom stereocenters. The SMILES string of the molecule is CCOc1cc(NC(=O)CCNC)ccc1OC. The van der Waals surface area contributed by atoms with Gasteiger partial charge in [-0.05, 0) is 26.1 Å². The molecule has 0 saturated heterocycles. The highest BCUT2D eigenvalue weighted by Crippen LogP contribution is 2.30. The Morgan fingerprint density at radius 2 is 2.11 bits per heavy atom. The van der Waals surface area contributed by atoms with Crippen molar-refractivity contribution in [2.24, 2.45) is 0 Å². The zero-order chi connectivity index (χ0) is 13.4. The van der Waals surface area contributed by atoms with E-state index in [0.29, 0.717) is 36.8 Å². The molecular formula is C13H20N2O3. The molecule has 100 valence electrons. The number of benzene rings is 1. The fourth-order valence-corrected chi connectivity index (χ4v) is 1.48. The van der Waals surface area contributed by atoms with E-state index < -0.39 is 0 Å². The summed E-state index contributed by atoms with van der Waals surface area (Å²) in [5.74, 6) is 1.26. The molecule has 0 bridgehead atoms. The van der Waals surface area contributed by atoms with Gasteiger partial charge in [-0.25, -0.2) is 0 Å². The fraction of sp³-hybridized carbons (Fsp3) is 0.462. The Labute approximate surface area is 107 Å². The van der Waals surface area contributed by atoms with Crippen LogP contribution in [0.1, 0.15) is 13.3 Å². The first kappa shape index (κ1) is 14.3. The van der Waals surface area contributed by atoms with Crippen molar-refractivity contribution in [1.29, 1.82) is 0 Å². The Bertz CT molecular complexity index is 394. The van der Waals surface area contributed by atoms with Crippen molar-refractivity contribution < 1.29 is 14.3 Å². The lowest BCUT2D eigenvalue weighted by molar-refractivity contribution is -0.116. The van der Waals surface area contributed by atoms with Crippen LogP contribution in [0.15, 0.2) is 18.2 Å². The summed E-state index contributed by atoms with van der Waals surface area (Å²) in [6, 6.07) is 5.33. The first-order valence-corrected chi connectivity index (χ1v) is 5.96. The largest absolute Gasteiger partial charge is 0.493 e. The van der Waals surface area contributed by atoms with Gasteiger partial charge in [0.15, 0.2) is 11.5 Å². The number of carbonyl (C=O) groups is 1. The van der Waals surface area contributed by atoms with Gasteiger partial charge in [-0.3, -0.25) is 4.79 Å². The minimum atomic E-state index is -0.0306. The number of amides is 1. The Morgan fingerprint density at radius 3 is 2.72 bits per heavy atom. The van der Waals surface area contributed by atoms with Gasteiger partial charge in [0.05, 0.1) is 13.7 Å². The van der Waals surface area contributed by atoms with Gasteiger partial charge in [0, 0.05) is 24.7 Å². The van der Waals surface area contributed by atoms with Crippen molar-refractivity contribution in [1.82, 2.24) is 5.32 Å². The van der Waals surface area contributed by atoms with Crippen LogP contribution in [0.4, 0.5) is 5.69 Å². The van der Waals surface area contributed by atoms with Crippen molar-refractivity contribution in [3.63, 3.8) is 0 Å². The van der Waals surface area contributed by atoms with E-state index >= 15 is 0 Å². The Balaban J connectivity index is 2.71. The van der Waals surface area contributed by atoms with Gasteiger partial charge in [-0.1, -0.05) is 0 Å². The molecule has 1 aromatic carbocycles. The van der Waals surface area contributed by atoms with Crippen LogP contribution >= 0.6 is 0 Å². The lowest BCUT2D eigenvalue weighted by Gasteiger charge is -2.11. The molecule has 0 saturated carbocycles. The van der Waals surface area contributed by atoms with E-state index in [1.54, 1.807) is 25.3 Å². The molecule has 1 rings (SSSR count). The third kappa shape index (κ3) is 4.25. The number of carbonyl (C=O) groups excluding carboxylic acids is 1. The summed E-state index contributed by atoms with van der Waals surface area (Å²) >= 11 is 0. The number of nitrogens with one attached hydrogen (secondary N) is 2. The zero-order valence-electron chi connectivity index (χ0n) is 11.1. The minimum absolute atomic E-state index is 0.0306. The van der Waals surface area contributed by atoms with E-state index in [1.165, 1.54) is 0 Å². The maximum absolute atomic E-state index is 11.6. The second-order valence-electron chi connectivity index (χ2n) is 3.70. The van der Waals surface area contributed by atoms with Gasteiger partial charge in [0.1, 0.15) is 0 Å². The fourth-order valence-electron chi connectivity index (χ4n) is 1.48. The molecular weight excluding hydrogens is 232 g/mol. The maximum atomic E-state index is 11.6. The van der Waals surface area contributed by atoms with Gasteiger partial charge in [-0.2, -0.15) is 0 Å². The molecule has 0 fully saturated rings. The summed E-state index contributed by atoms with van der Waals surface area (Å²) < 4.78 is 10.6. The lowest BCUT2D eigenvalue weighted by atomic mass is 10.2. The summed E-state index contributed by atoms with van der Waals surface area (Å²) in [7, 11) is 3.40. The van der Waals surface area contributed by atoms with Crippen LogP contribution in [0.25, 0.3) is 0 Å². The van der Waals surface area contributed by atoms with E-state index in [9.17, 15) is 4.79 Å².